The number of rotatable bonds is 4. The molecule has 3 aromatic heterocycles. The van der Waals surface area contributed by atoms with Gasteiger partial charge in [-0.15, -0.1) is 0 Å². The van der Waals surface area contributed by atoms with Gasteiger partial charge in [-0.3, -0.25) is 4.90 Å². The molecule has 0 N–H and O–H groups in total. The van der Waals surface area contributed by atoms with Crippen LogP contribution in [0.5, 0.6) is 0 Å². The molecule has 150 valence electrons. The second kappa shape index (κ2) is 7.76. The molecule has 4 heterocycles. The van der Waals surface area contributed by atoms with Gasteiger partial charge in [-0.05, 0) is 25.5 Å². The van der Waals surface area contributed by atoms with E-state index in [0.29, 0.717) is 5.82 Å². The van der Waals surface area contributed by atoms with Gasteiger partial charge in [-0.25, -0.2) is 24.6 Å². The number of fused-ring (bicyclic) bond motifs is 1. The van der Waals surface area contributed by atoms with Crippen molar-refractivity contribution in [3.05, 3.63) is 83.5 Å². The number of hydrogen-bond donors (Lipinski definition) is 0. The van der Waals surface area contributed by atoms with Crippen LogP contribution < -0.4 is 0 Å². The molecule has 0 spiro atoms. The van der Waals surface area contributed by atoms with Crippen LogP contribution in [0.2, 0.25) is 0 Å². The summed E-state index contributed by atoms with van der Waals surface area (Å²) in [5, 5.41) is 4.66. The fourth-order valence-corrected chi connectivity index (χ4v) is 3.95. The maximum atomic E-state index is 4.76. The minimum atomic E-state index is 0.693. The minimum absolute atomic E-state index is 0.693. The Bertz CT molecular complexity index is 1180. The molecule has 0 unspecified atom stereocenters. The van der Waals surface area contributed by atoms with E-state index in [1.54, 1.807) is 12.4 Å². The van der Waals surface area contributed by atoms with Crippen molar-refractivity contribution < 1.29 is 0 Å². The van der Waals surface area contributed by atoms with Crippen molar-refractivity contribution in [1.82, 2.24) is 34.6 Å². The maximum absolute atomic E-state index is 4.76. The van der Waals surface area contributed by atoms with E-state index in [1.807, 2.05) is 17.1 Å². The van der Waals surface area contributed by atoms with Crippen LogP contribution in [0.15, 0.2) is 55.4 Å². The second-order valence-corrected chi connectivity index (χ2v) is 7.71. The van der Waals surface area contributed by atoms with Crippen LogP contribution in [0.4, 0.5) is 0 Å². The van der Waals surface area contributed by atoms with E-state index in [1.165, 1.54) is 28.7 Å². The molecule has 1 aliphatic rings. The lowest BCUT2D eigenvalue weighted by molar-refractivity contribution is 0.242. The van der Waals surface area contributed by atoms with Gasteiger partial charge in [0.25, 0.3) is 0 Å². The molecule has 1 aromatic carbocycles. The van der Waals surface area contributed by atoms with E-state index in [2.05, 4.69) is 63.1 Å². The quantitative estimate of drug-likeness (QED) is 0.526. The van der Waals surface area contributed by atoms with Crippen molar-refractivity contribution in [2.45, 2.75) is 33.4 Å². The van der Waals surface area contributed by atoms with Gasteiger partial charge in [0.1, 0.15) is 6.33 Å². The highest BCUT2D eigenvalue weighted by molar-refractivity contribution is 5.52. The molecule has 7 nitrogen and oxygen atoms in total. The van der Waals surface area contributed by atoms with Gasteiger partial charge in [0.05, 0.1) is 23.1 Å². The first kappa shape index (κ1) is 18.6. The fourth-order valence-electron chi connectivity index (χ4n) is 3.95. The highest BCUT2D eigenvalue weighted by atomic mass is 15.3. The molecule has 0 saturated carbocycles. The summed E-state index contributed by atoms with van der Waals surface area (Å²) in [5.41, 5.74) is 7.95. The van der Waals surface area contributed by atoms with Crippen LogP contribution in [0.3, 0.4) is 0 Å². The SMILES string of the molecule is Cc1ccccc1-n1ncc(CN2CCc3nc(-c4cncnc4)ncc3C2)c1C. The average molecular weight is 397 g/mol. The predicted octanol–water partition coefficient (Wildman–Crippen LogP) is 3.29. The number of aryl methyl sites for hydroxylation is 1. The summed E-state index contributed by atoms with van der Waals surface area (Å²) in [6, 6.07) is 8.35. The number of para-hydroxylation sites is 1. The van der Waals surface area contributed by atoms with E-state index in [4.69, 9.17) is 4.98 Å². The zero-order chi connectivity index (χ0) is 20.5. The lowest BCUT2D eigenvalue weighted by atomic mass is 10.1. The summed E-state index contributed by atoms with van der Waals surface area (Å²) in [5.74, 6) is 0.693. The van der Waals surface area contributed by atoms with E-state index < -0.39 is 0 Å². The maximum Gasteiger partial charge on any atom is 0.162 e. The van der Waals surface area contributed by atoms with Crippen LogP contribution >= 0.6 is 0 Å². The van der Waals surface area contributed by atoms with Crippen LogP contribution in [-0.2, 0) is 19.5 Å². The number of hydrogen-bond acceptors (Lipinski definition) is 6. The Kier molecular flexibility index (Phi) is 4.80. The first-order valence-corrected chi connectivity index (χ1v) is 10.1. The molecule has 0 amide bonds. The molecule has 0 saturated heterocycles. The Hall–Kier alpha value is -3.45. The molecule has 5 rings (SSSR count). The first-order valence-electron chi connectivity index (χ1n) is 10.1. The average Bonchev–Trinajstić information content (AvgIpc) is 3.14. The molecule has 4 aromatic rings. The van der Waals surface area contributed by atoms with Crippen LogP contribution in [0, 0.1) is 13.8 Å². The fraction of sp³-hybridized carbons (Fsp3) is 0.261. The molecule has 0 fully saturated rings. The molecule has 0 bridgehead atoms. The van der Waals surface area contributed by atoms with Crippen molar-refractivity contribution in [2.75, 3.05) is 6.54 Å². The Morgan fingerprint density at radius 3 is 2.67 bits per heavy atom. The van der Waals surface area contributed by atoms with E-state index >= 15 is 0 Å². The van der Waals surface area contributed by atoms with Crippen molar-refractivity contribution >= 4 is 0 Å². The standard InChI is InChI=1S/C23H23N7/c1-16-5-3-4-6-22(16)30-17(2)19(12-27-30)13-29-8-7-21-20(14-29)11-26-23(28-21)18-9-24-15-25-10-18/h3-6,9-12,15H,7-8,13-14H2,1-2H3. The van der Waals surface area contributed by atoms with Gasteiger partial charge in [0.15, 0.2) is 5.82 Å². The van der Waals surface area contributed by atoms with Crippen molar-refractivity contribution in [1.29, 1.82) is 0 Å². The van der Waals surface area contributed by atoms with Crippen molar-refractivity contribution in [2.24, 2.45) is 0 Å². The van der Waals surface area contributed by atoms with E-state index in [9.17, 15) is 0 Å². The molecule has 7 heteroatoms. The summed E-state index contributed by atoms with van der Waals surface area (Å²) in [6.07, 6.45) is 9.86. The van der Waals surface area contributed by atoms with Crippen LogP contribution in [0.1, 0.15) is 28.1 Å². The Balaban J connectivity index is 1.33. The Morgan fingerprint density at radius 1 is 1.00 bits per heavy atom. The predicted molar refractivity (Wildman–Crippen MR) is 114 cm³/mol. The Labute approximate surface area is 175 Å². The lowest BCUT2D eigenvalue weighted by Crippen LogP contribution is -2.31. The molecule has 1 aliphatic heterocycles. The molecule has 0 atom stereocenters. The second-order valence-electron chi connectivity index (χ2n) is 7.71. The van der Waals surface area contributed by atoms with Gasteiger partial charge in [-0.1, -0.05) is 18.2 Å². The third-order valence-corrected chi connectivity index (χ3v) is 5.68. The van der Waals surface area contributed by atoms with Gasteiger partial charge in [0.2, 0.25) is 0 Å². The highest BCUT2D eigenvalue weighted by Crippen LogP contribution is 2.23. The Morgan fingerprint density at radius 2 is 1.83 bits per heavy atom. The largest absolute Gasteiger partial charge is 0.294 e. The summed E-state index contributed by atoms with van der Waals surface area (Å²) in [4.78, 5) is 19.9. The first-order chi connectivity index (χ1) is 14.7. The third-order valence-electron chi connectivity index (χ3n) is 5.68. The zero-order valence-electron chi connectivity index (χ0n) is 17.2. The van der Waals surface area contributed by atoms with Gasteiger partial charge in [0, 0.05) is 61.5 Å². The number of nitrogens with zero attached hydrogens (tertiary/aromatic N) is 7. The summed E-state index contributed by atoms with van der Waals surface area (Å²) >= 11 is 0. The highest BCUT2D eigenvalue weighted by Gasteiger charge is 2.21. The molecule has 30 heavy (non-hydrogen) atoms. The lowest BCUT2D eigenvalue weighted by Gasteiger charge is -2.28. The summed E-state index contributed by atoms with van der Waals surface area (Å²) in [6.45, 7) is 6.93. The minimum Gasteiger partial charge on any atom is -0.294 e. The number of aromatic nitrogens is 6. The van der Waals surface area contributed by atoms with Crippen LogP contribution in [0.25, 0.3) is 17.1 Å². The third kappa shape index (κ3) is 3.48. The van der Waals surface area contributed by atoms with E-state index in [-0.39, 0.29) is 0 Å². The monoisotopic (exact) mass is 397 g/mol. The molecular weight excluding hydrogens is 374 g/mol. The molecular formula is C23H23N7. The molecule has 0 aliphatic carbocycles. The van der Waals surface area contributed by atoms with Gasteiger partial charge in [-0.2, -0.15) is 5.10 Å². The van der Waals surface area contributed by atoms with Gasteiger partial charge < -0.3 is 0 Å². The van der Waals surface area contributed by atoms with Crippen molar-refractivity contribution in [3.8, 4) is 17.1 Å². The van der Waals surface area contributed by atoms with Gasteiger partial charge >= 0.3 is 0 Å². The topological polar surface area (TPSA) is 72.6 Å². The number of benzene rings is 1. The summed E-state index contributed by atoms with van der Waals surface area (Å²) < 4.78 is 2.04. The van der Waals surface area contributed by atoms with Crippen LogP contribution in [-0.4, -0.2) is 41.2 Å². The molecule has 0 radical (unpaired) electrons. The summed E-state index contributed by atoms with van der Waals surface area (Å²) in [7, 11) is 0. The van der Waals surface area contributed by atoms with E-state index in [0.717, 1.165) is 43.0 Å². The zero-order valence-corrected chi connectivity index (χ0v) is 17.2. The smallest absolute Gasteiger partial charge is 0.162 e. The normalized spacial score (nSPS) is 13.9. The van der Waals surface area contributed by atoms with Crippen molar-refractivity contribution in [3.63, 3.8) is 0 Å².